The third kappa shape index (κ3) is 2.44. The molecule has 1 aliphatic carbocycles. The number of pyridine rings is 1. The summed E-state index contributed by atoms with van der Waals surface area (Å²) in [6.45, 7) is 0. The Balaban J connectivity index is 2.05. The lowest BCUT2D eigenvalue weighted by Gasteiger charge is -2.14. The van der Waals surface area contributed by atoms with Gasteiger partial charge in [-0.15, -0.1) is 0 Å². The molecule has 3 nitrogen and oxygen atoms in total. The normalized spacial score (nSPS) is 18.1. The molecule has 1 saturated carbocycles. The maximum Gasteiger partial charge on any atom is 0.0634 e. The van der Waals surface area contributed by atoms with Gasteiger partial charge in [-0.3, -0.25) is 16.3 Å². The van der Waals surface area contributed by atoms with E-state index in [0.29, 0.717) is 5.02 Å². The molecule has 0 bridgehead atoms. The van der Waals surface area contributed by atoms with Crippen LogP contribution in [-0.4, -0.2) is 4.98 Å². The fourth-order valence-electron chi connectivity index (χ4n) is 1.55. The van der Waals surface area contributed by atoms with Crippen LogP contribution in [0.15, 0.2) is 18.3 Å². The van der Waals surface area contributed by atoms with Crippen molar-refractivity contribution in [1.82, 2.24) is 10.4 Å². The van der Waals surface area contributed by atoms with Gasteiger partial charge in [-0.1, -0.05) is 24.4 Å². The standard InChI is InChI=1S/C10H14ClN3/c11-8-3-4-9(13-6-8)10(14-12)5-7-1-2-7/h3-4,6-7,10,14H,1-2,5,12H2. The summed E-state index contributed by atoms with van der Waals surface area (Å²) in [6.07, 6.45) is 5.39. The van der Waals surface area contributed by atoms with Gasteiger partial charge in [0.1, 0.15) is 0 Å². The molecule has 0 aliphatic heterocycles. The first kappa shape index (κ1) is 9.90. The predicted molar refractivity (Wildman–Crippen MR) is 56.7 cm³/mol. The number of nitrogens with one attached hydrogen (secondary N) is 1. The van der Waals surface area contributed by atoms with E-state index in [9.17, 15) is 0 Å². The van der Waals surface area contributed by atoms with Crippen LogP contribution in [0.3, 0.4) is 0 Å². The minimum Gasteiger partial charge on any atom is -0.271 e. The van der Waals surface area contributed by atoms with E-state index in [4.69, 9.17) is 17.4 Å². The second-order valence-corrected chi connectivity index (χ2v) is 4.24. The molecule has 0 aromatic carbocycles. The Hall–Kier alpha value is -0.640. The summed E-state index contributed by atoms with van der Waals surface area (Å²) in [5, 5.41) is 0.663. The summed E-state index contributed by atoms with van der Waals surface area (Å²) in [4.78, 5) is 4.26. The van der Waals surface area contributed by atoms with E-state index in [1.165, 1.54) is 12.8 Å². The summed E-state index contributed by atoms with van der Waals surface area (Å²) in [5.41, 5.74) is 3.78. The molecule has 2 rings (SSSR count). The molecule has 0 radical (unpaired) electrons. The van der Waals surface area contributed by atoms with Crippen molar-refractivity contribution >= 4 is 11.6 Å². The molecule has 1 aliphatic rings. The van der Waals surface area contributed by atoms with Gasteiger partial charge in [0.2, 0.25) is 0 Å². The highest BCUT2D eigenvalue weighted by Gasteiger charge is 2.26. The summed E-state index contributed by atoms with van der Waals surface area (Å²) < 4.78 is 0. The molecule has 14 heavy (non-hydrogen) atoms. The van der Waals surface area contributed by atoms with Gasteiger partial charge in [-0.25, -0.2) is 0 Å². The van der Waals surface area contributed by atoms with Crippen LogP contribution in [0.1, 0.15) is 31.0 Å². The number of hydrogen-bond acceptors (Lipinski definition) is 3. The smallest absolute Gasteiger partial charge is 0.0634 e. The van der Waals surface area contributed by atoms with Crippen molar-refractivity contribution in [1.29, 1.82) is 0 Å². The van der Waals surface area contributed by atoms with Gasteiger partial charge in [0.05, 0.1) is 16.8 Å². The van der Waals surface area contributed by atoms with Gasteiger partial charge in [0.25, 0.3) is 0 Å². The fraction of sp³-hybridized carbons (Fsp3) is 0.500. The molecule has 3 N–H and O–H groups in total. The van der Waals surface area contributed by atoms with Gasteiger partial charge in [0, 0.05) is 6.20 Å². The zero-order valence-corrected chi connectivity index (χ0v) is 8.67. The molecule has 1 atom stereocenters. The lowest BCUT2D eigenvalue weighted by atomic mass is 10.1. The van der Waals surface area contributed by atoms with Crippen molar-refractivity contribution in [3.05, 3.63) is 29.0 Å². The molecule has 1 aromatic heterocycles. The average molecular weight is 212 g/mol. The highest BCUT2D eigenvalue weighted by atomic mass is 35.5. The topological polar surface area (TPSA) is 50.9 Å². The molecular weight excluding hydrogens is 198 g/mol. The van der Waals surface area contributed by atoms with Crippen molar-refractivity contribution in [2.75, 3.05) is 0 Å². The first-order valence-electron chi connectivity index (χ1n) is 4.87. The zero-order valence-electron chi connectivity index (χ0n) is 7.91. The summed E-state index contributed by atoms with van der Waals surface area (Å²) in [5.74, 6) is 6.32. The van der Waals surface area contributed by atoms with Crippen molar-refractivity contribution < 1.29 is 0 Å². The van der Waals surface area contributed by atoms with Crippen LogP contribution < -0.4 is 11.3 Å². The van der Waals surface area contributed by atoms with Crippen LogP contribution in [0.2, 0.25) is 5.02 Å². The van der Waals surface area contributed by atoms with Crippen LogP contribution in [0.25, 0.3) is 0 Å². The molecule has 4 heteroatoms. The van der Waals surface area contributed by atoms with Gasteiger partial charge in [-0.2, -0.15) is 0 Å². The van der Waals surface area contributed by atoms with Gasteiger partial charge in [0.15, 0.2) is 0 Å². The molecule has 76 valence electrons. The molecule has 1 aromatic rings. The summed E-state index contributed by atoms with van der Waals surface area (Å²) in [6, 6.07) is 3.94. The van der Waals surface area contributed by atoms with Crippen molar-refractivity contribution in [3.8, 4) is 0 Å². The van der Waals surface area contributed by atoms with Crippen LogP contribution in [0.4, 0.5) is 0 Å². The first-order valence-corrected chi connectivity index (χ1v) is 5.25. The molecule has 0 spiro atoms. The minimum atomic E-state index is 0.166. The number of hydrazine groups is 1. The number of nitrogens with zero attached hydrogens (tertiary/aromatic N) is 1. The Morgan fingerprint density at radius 1 is 1.57 bits per heavy atom. The molecule has 1 unspecified atom stereocenters. The molecular formula is C10H14ClN3. The van der Waals surface area contributed by atoms with Crippen LogP contribution >= 0.6 is 11.6 Å². The largest absolute Gasteiger partial charge is 0.271 e. The Morgan fingerprint density at radius 2 is 2.36 bits per heavy atom. The number of nitrogens with two attached hydrogens (primary N) is 1. The van der Waals surface area contributed by atoms with Gasteiger partial charge >= 0.3 is 0 Å². The number of rotatable bonds is 4. The molecule has 1 heterocycles. The number of aromatic nitrogens is 1. The van der Waals surface area contributed by atoms with E-state index in [0.717, 1.165) is 18.0 Å². The Kier molecular flexibility index (Phi) is 3.01. The fourth-order valence-corrected chi connectivity index (χ4v) is 1.67. The third-order valence-corrected chi connectivity index (χ3v) is 2.80. The maximum absolute atomic E-state index is 5.76. The lowest BCUT2D eigenvalue weighted by Crippen LogP contribution is -2.29. The van der Waals surface area contributed by atoms with Crippen molar-refractivity contribution in [2.24, 2.45) is 11.8 Å². The van der Waals surface area contributed by atoms with Crippen LogP contribution in [0.5, 0.6) is 0 Å². The monoisotopic (exact) mass is 211 g/mol. The lowest BCUT2D eigenvalue weighted by molar-refractivity contribution is 0.477. The van der Waals surface area contributed by atoms with E-state index in [2.05, 4.69) is 10.4 Å². The molecule has 1 fully saturated rings. The van der Waals surface area contributed by atoms with E-state index in [-0.39, 0.29) is 6.04 Å². The van der Waals surface area contributed by atoms with Gasteiger partial charge < -0.3 is 0 Å². The van der Waals surface area contributed by atoms with E-state index >= 15 is 0 Å². The number of halogens is 1. The minimum absolute atomic E-state index is 0.166. The number of hydrogen-bond donors (Lipinski definition) is 2. The molecule has 0 saturated heterocycles. The van der Waals surface area contributed by atoms with Gasteiger partial charge in [-0.05, 0) is 24.5 Å². The average Bonchev–Trinajstić information content (AvgIpc) is 3.00. The van der Waals surface area contributed by atoms with Crippen LogP contribution in [0, 0.1) is 5.92 Å². The van der Waals surface area contributed by atoms with E-state index < -0.39 is 0 Å². The zero-order chi connectivity index (χ0) is 9.97. The summed E-state index contributed by atoms with van der Waals surface area (Å²) >= 11 is 5.76. The Morgan fingerprint density at radius 3 is 2.86 bits per heavy atom. The highest BCUT2D eigenvalue weighted by molar-refractivity contribution is 6.30. The van der Waals surface area contributed by atoms with E-state index in [1.54, 1.807) is 6.20 Å². The molecule has 0 amide bonds. The quantitative estimate of drug-likeness (QED) is 0.592. The Bertz CT molecular complexity index is 295. The van der Waals surface area contributed by atoms with Crippen molar-refractivity contribution in [3.63, 3.8) is 0 Å². The SMILES string of the molecule is NNC(CC1CC1)c1ccc(Cl)cn1. The van der Waals surface area contributed by atoms with Crippen LogP contribution in [-0.2, 0) is 0 Å². The second kappa shape index (κ2) is 4.26. The highest BCUT2D eigenvalue weighted by Crippen LogP contribution is 2.36. The first-order chi connectivity index (χ1) is 6.79. The third-order valence-electron chi connectivity index (χ3n) is 2.57. The second-order valence-electron chi connectivity index (χ2n) is 3.80. The predicted octanol–water partition coefficient (Wildman–Crippen LogP) is 2.04. The van der Waals surface area contributed by atoms with Crippen molar-refractivity contribution in [2.45, 2.75) is 25.3 Å². The van der Waals surface area contributed by atoms with E-state index in [1.807, 2.05) is 12.1 Å². The maximum atomic E-state index is 5.76. The summed E-state index contributed by atoms with van der Waals surface area (Å²) in [7, 11) is 0. The Labute approximate surface area is 88.6 Å².